The number of hydrogen-bond acceptors (Lipinski definition) is 9. The van der Waals surface area contributed by atoms with Crippen LogP contribution in [-0.4, -0.2) is 46.8 Å². The third-order valence-electron chi connectivity index (χ3n) is 13.7. The number of carboxylic acid groups (broad SMARTS) is 1. The van der Waals surface area contributed by atoms with E-state index in [0.29, 0.717) is 38.0 Å². The number of aliphatic carboxylic acids is 1. The summed E-state index contributed by atoms with van der Waals surface area (Å²) in [6.07, 6.45) is 8.84. The zero-order valence-corrected chi connectivity index (χ0v) is 28.0. The molecule has 5 saturated carbocycles. The third-order valence-corrected chi connectivity index (χ3v) is 13.7. The molecule has 0 amide bonds. The number of fused-ring (bicyclic) bond motifs is 5. The molecule has 0 aromatic rings. The van der Waals surface area contributed by atoms with Crippen LogP contribution in [-0.2, 0) is 43.4 Å². The number of ether oxygens (including phenoxy) is 2. The van der Waals surface area contributed by atoms with Crippen molar-refractivity contribution >= 4 is 17.9 Å². The summed E-state index contributed by atoms with van der Waals surface area (Å²) >= 11 is 0. The molecule has 6 fully saturated rings. The largest absolute Gasteiger partial charge is 0.481 e. The molecule has 10 atom stereocenters. The molecule has 0 radical (unpaired) electrons. The molecular formula is C35H54O10. The van der Waals surface area contributed by atoms with Gasteiger partial charge in [-0.05, 0) is 92.3 Å². The van der Waals surface area contributed by atoms with Gasteiger partial charge >= 0.3 is 17.9 Å². The van der Waals surface area contributed by atoms with Gasteiger partial charge in [0.05, 0.1) is 0 Å². The van der Waals surface area contributed by atoms with Crippen molar-refractivity contribution in [3.63, 3.8) is 0 Å². The number of carbonyl (C=O) groups excluding carboxylic acids is 2. The Morgan fingerprint density at radius 3 is 2.11 bits per heavy atom. The fraction of sp³-hybridized carbons (Fsp3) is 0.914. The normalized spacial score (nSPS) is 48.1. The van der Waals surface area contributed by atoms with Gasteiger partial charge in [-0.3, -0.25) is 14.4 Å². The Balaban J connectivity index is 1.28. The molecule has 1 N–H and O–H groups in total. The Bertz CT molecular complexity index is 1140. The van der Waals surface area contributed by atoms with Crippen molar-refractivity contribution in [1.82, 2.24) is 0 Å². The lowest BCUT2D eigenvalue weighted by atomic mass is 9.42. The summed E-state index contributed by atoms with van der Waals surface area (Å²) in [6, 6.07) is 0. The molecule has 0 aromatic heterocycles. The smallest absolute Gasteiger partial charge is 0.303 e. The molecular weight excluding hydrogens is 580 g/mol. The number of rotatable bonds is 6. The Hall–Kier alpha value is -1.75. The molecule has 0 bridgehead atoms. The predicted molar refractivity (Wildman–Crippen MR) is 161 cm³/mol. The van der Waals surface area contributed by atoms with Crippen LogP contribution in [0.5, 0.6) is 0 Å². The summed E-state index contributed by atoms with van der Waals surface area (Å²) in [7, 11) is 0. The molecule has 1 heterocycles. The maximum absolute atomic E-state index is 12.6. The highest BCUT2D eigenvalue weighted by molar-refractivity contribution is 5.67. The average Bonchev–Trinajstić information content (AvgIpc) is 3.34. The summed E-state index contributed by atoms with van der Waals surface area (Å²) in [6.45, 7) is 12.0. The number of esters is 2. The molecule has 1 saturated heterocycles. The molecule has 5 aliphatic carbocycles. The van der Waals surface area contributed by atoms with Gasteiger partial charge in [0.1, 0.15) is 12.2 Å². The minimum Gasteiger partial charge on any atom is -0.481 e. The fourth-order valence-corrected chi connectivity index (χ4v) is 11.2. The molecule has 254 valence electrons. The second-order valence-electron chi connectivity index (χ2n) is 16.2. The van der Waals surface area contributed by atoms with Crippen molar-refractivity contribution in [3.05, 3.63) is 0 Å². The van der Waals surface area contributed by atoms with E-state index in [9.17, 15) is 19.5 Å². The lowest BCUT2D eigenvalue weighted by molar-refractivity contribution is -0.665. The summed E-state index contributed by atoms with van der Waals surface area (Å²) in [5.41, 5.74) is -0.466. The first-order valence-corrected chi connectivity index (χ1v) is 17.5. The summed E-state index contributed by atoms with van der Waals surface area (Å²) < 4.78 is 12.4. The van der Waals surface area contributed by atoms with Crippen LogP contribution in [0.15, 0.2) is 0 Å². The molecule has 1 aliphatic heterocycles. The fourth-order valence-electron chi connectivity index (χ4n) is 11.2. The Labute approximate surface area is 267 Å². The number of carboxylic acids is 1. The van der Waals surface area contributed by atoms with E-state index >= 15 is 0 Å². The van der Waals surface area contributed by atoms with Crippen LogP contribution < -0.4 is 0 Å². The van der Waals surface area contributed by atoms with Crippen LogP contribution in [0.1, 0.15) is 125 Å². The SMILES string of the molecule is CC(=O)O[C@H]1CC2C(C3CCC(C(C)CCC(=O)O)[C@]31C)[C@H](OC(C)=O)C[C@@H]1CC3(CC[C@]21C)OOC1(CCC(C)CC1)OO3. The van der Waals surface area contributed by atoms with Crippen LogP contribution in [0.25, 0.3) is 0 Å². The third kappa shape index (κ3) is 5.84. The van der Waals surface area contributed by atoms with Crippen LogP contribution in [0.4, 0.5) is 0 Å². The highest BCUT2D eigenvalue weighted by atomic mass is 17.4. The van der Waals surface area contributed by atoms with Crippen molar-refractivity contribution in [2.75, 3.05) is 0 Å². The first kappa shape index (κ1) is 33.2. The monoisotopic (exact) mass is 634 g/mol. The highest BCUT2D eigenvalue weighted by Crippen LogP contribution is 2.70. The first-order chi connectivity index (χ1) is 21.2. The maximum atomic E-state index is 12.6. The van der Waals surface area contributed by atoms with Crippen LogP contribution in [0.3, 0.4) is 0 Å². The van der Waals surface area contributed by atoms with Crippen molar-refractivity contribution < 1.29 is 48.5 Å². The van der Waals surface area contributed by atoms with Gasteiger partial charge in [-0.2, -0.15) is 19.6 Å². The molecule has 0 aromatic carbocycles. The Morgan fingerprint density at radius 1 is 0.844 bits per heavy atom. The topological polar surface area (TPSA) is 127 Å². The summed E-state index contributed by atoms with van der Waals surface area (Å²) in [5.74, 6) is -1.66. The Morgan fingerprint density at radius 2 is 1.49 bits per heavy atom. The minimum atomic E-state index is -1.01. The van der Waals surface area contributed by atoms with Gasteiger partial charge in [-0.15, -0.1) is 0 Å². The zero-order chi connectivity index (χ0) is 32.4. The van der Waals surface area contributed by atoms with Crippen molar-refractivity contribution in [3.8, 4) is 0 Å². The van der Waals surface area contributed by atoms with E-state index in [1.165, 1.54) is 13.8 Å². The molecule has 10 nitrogen and oxygen atoms in total. The molecule has 45 heavy (non-hydrogen) atoms. The second kappa shape index (κ2) is 12.0. The van der Waals surface area contributed by atoms with Crippen molar-refractivity contribution in [1.29, 1.82) is 0 Å². The van der Waals surface area contributed by atoms with Crippen LogP contribution >= 0.6 is 0 Å². The van der Waals surface area contributed by atoms with Gasteiger partial charge in [0.2, 0.25) is 11.6 Å². The second-order valence-corrected chi connectivity index (χ2v) is 16.2. The molecule has 2 spiro atoms. The standard InChI is InChI=1S/C35H54O10/c1-20-11-13-34(14-12-20)42-44-35(45-43-34)16-15-32(5)24(19-35)17-28(40-22(3)36)31-26-9-8-25(21(2)7-10-30(38)39)33(26,6)29(18-27(31)32)41-23(4)37/h20-21,24-29,31H,7-19H2,1-6H3,(H,38,39)/t20?,21?,24-,25?,26?,27?,28-,29+,31?,32+,33-,34?,35?/m1/s1. The minimum absolute atomic E-state index is 0.110. The summed E-state index contributed by atoms with van der Waals surface area (Å²) in [4.78, 5) is 61.0. The van der Waals surface area contributed by atoms with Gasteiger partial charge in [0, 0.05) is 57.3 Å². The molecule has 6 rings (SSSR count). The van der Waals surface area contributed by atoms with E-state index in [-0.39, 0.29) is 76.9 Å². The van der Waals surface area contributed by atoms with E-state index in [4.69, 9.17) is 29.0 Å². The highest BCUT2D eigenvalue weighted by Gasteiger charge is 2.69. The quantitative estimate of drug-likeness (QED) is 0.248. The Kier molecular flexibility index (Phi) is 8.88. The van der Waals surface area contributed by atoms with Gasteiger partial charge in [0.25, 0.3) is 0 Å². The van der Waals surface area contributed by atoms with Crippen molar-refractivity contribution in [2.45, 2.75) is 149 Å². The molecule has 6 aliphatic rings. The van der Waals surface area contributed by atoms with Crippen LogP contribution in [0, 0.1) is 52.3 Å². The van der Waals surface area contributed by atoms with Gasteiger partial charge in [0.15, 0.2) is 0 Å². The van der Waals surface area contributed by atoms with E-state index in [0.717, 1.165) is 44.9 Å². The predicted octanol–water partition coefficient (Wildman–Crippen LogP) is 6.74. The lowest BCUT2D eigenvalue weighted by Crippen LogP contribution is -2.65. The van der Waals surface area contributed by atoms with Gasteiger partial charge in [-0.1, -0.05) is 27.7 Å². The number of hydrogen-bond donors (Lipinski definition) is 1. The first-order valence-electron chi connectivity index (χ1n) is 17.5. The molecule has 10 heteroatoms. The average molecular weight is 635 g/mol. The molecule has 5 unspecified atom stereocenters. The van der Waals surface area contributed by atoms with Crippen LogP contribution in [0.2, 0.25) is 0 Å². The lowest BCUT2D eigenvalue weighted by Gasteiger charge is -2.65. The van der Waals surface area contributed by atoms with E-state index < -0.39 is 17.5 Å². The maximum Gasteiger partial charge on any atom is 0.303 e. The van der Waals surface area contributed by atoms with Crippen molar-refractivity contribution in [2.24, 2.45) is 52.3 Å². The number of carbonyl (C=O) groups is 3. The van der Waals surface area contributed by atoms with Gasteiger partial charge in [-0.25, -0.2) is 0 Å². The summed E-state index contributed by atoms with van der Waals surface area (Å²) in [5, 5.41) is 9.40. The van der Waals surface area contributed by atoms with E-state index in [1.807, 2.05) is 0 Å². The zero-order valence-electron chi connectivity index (χ0n) is 28.0. The van der Waals surface area contributed by atoms with E-state index in [1.54, 1.807) is 0 Å². The van der Waals surface area contributed by atoms with Gasteiger partial charge < -0.3 is 14.6 Å². The van der Waals surface area contributed by atoms with E-state index in [2.05, 4.69) is 27.7 Å².